The van der Waals surface area contributed by atoms with Gasteiger partial charge in [0.05, 0.1) is 36.7 Å². The van der Waals surface area contributed by atoms with E-state index in [1.807, 2.05) is 13.0 Å². The number of ether oxygens (including phenoxy) is 4. The van der Waals surface area contributed by atoms with E-state index < -0.39 is 85.9 Å². The lowest BCUT2D eigenvalue weighted by Gasteiger charge is -2.35. The molecule has 3 N–H and O–H groups in total. The maximum Gasteiger partial charge on any atom is 0.427 e. The quantitative estimate of drug-likeness (QED) is 0.266. The summed E-state index contributed by atoms with van der Waals surface area (Å²) in [5, 5.41) is 5.20. The molecule has 61 heavy (non-hydrogen) atoms. The highest BCUT2D eigenvalue weighted by Gasteiger charge is 2.63. The molecule has 0 aromatic carbocycles. The number of amides is 4. The minimum atomic E-state index is -4.93. The molecule has 0 radical (unpaired) electrons. The Bertz CT molecular complexity index is 2170. The van der Waals surface area contributed by atoms with E-state index in [2.05, 4.69) is 30.3 Å². The second-order valence-corrected chi connectivity index (χ2v) is 19.4. The zero-order chi connectivity index (χ0) is 44.7. The second-order valence-electron chi connectivity index (χ2n) is 17.2. The molecule has 1 saturated heterocycles. The summed E-state index contributed by atoms with van der Waals surface area (Å²) in [6.45, 7) is 8.23. The molecule has 7 unspecified atom stereocenters. The molecule has 6 rings (SSSR count). The van der Waals surface area contributed by atoms with Gasteiger partial charge in [0.15, 0.2) is 0 Å². The molecular weight excluding hydrogens is 828 g/mol. The molecule has 7 atom stereocenters. The van der Waals surface area contributed by atoms with Crippen LogP contribution in [0.4, 0.5) is 18.0 Å². The van der Waals surface area contributed by atoms with Crippen LogP contribution in [-0.2, 0) is 29.1 Å². The van der Waals surface area contributed by atoms with Crippen LogP contribution >= 0.6 is 0 Å². The molecular formula is C40H54F3N7O10S. The van der Waals surface area contributed by atoms with Crippen molar-refractivity contribution in [3.63, 3.8) is 0 Å². The number of methoxy groups -OCH3 is 1. The topological polar surface area (TPSA) is 217 Å². The van der Waals surface area contributed by atoms with Gasteiger partial charge in [-0.1, -0.05) is 32.4 Å². The van der Waals surface area contributed by atoms with Crippen LogP contribution in [0.25, 0.3) is 11.0 Å². The van der Waals surface area contributed by atoms with Crippen molar-refractivity contribution in [3.05, 3.63) is 24.4 Å². The van der Waals surface area contributed by atoms with E-state index in [1.165, 1.54) is 20.2 Å². The Hall–Kier alpha value is -4.95. The normalized spacial score (nSPS) is 28.0. The zero-order valence-corrected chi connectivity index (χ0v) is 36.1. The van der Waals surface area contributed by atoms with Crippen molar-refractivity contribution in [3.8, 4) is 17.6 Å². The van der Waals surface area contributed by atoms with E-state index in [9.17, 15) is 40.8 Å². The maximum absolute atomic E-state index is 15.0. The van der Waals surface area contributed by atoms with E-state index in [0.29, 0.717) is 63.4 Å². The maximum atomic E-state index is 15.0. The molecule has 17 nitrogen and oxygen atoms in total. The highest BCUT2D eigenvalue weighted by Crippen LogP contribution is 2.48. The number of rotatable bonds is 11. The number of allylic oxidation sites excluding steroid dienone is 1. The predicted molar refractivity (Wildman–Crippen MR) is 213 cm³/mol. The Balaban J connectivity index is 1.38. The number of nitrogens with zero attached hydrogens (tertiary/aromatic N) is 4. The van der Waals surface area contributed by atoms with Crippen molar-refractivity contribution >= 4 is 44.9 Å². The van der Waals surface area contributed by atoms with E-state index in [-0.39, 0.29) is 49.6 Å². The van der Waals surface area contributed by atoms with Crippen LogP contribution in [-0.4, -0.2) is 113 Å². The van der Waals surface area contributed by atoms with Crippen LogP contribution in [0.3, 0.4) is 0 Å². The third-order valence-electron chi connectivity index (χ3n) is 12.1. The summed E-state index contributed by atoms with van der Waals surface area (Å²) < 4.78 is 91.2. The smallest absolute Gasteiger partial charge is 0.427 e. The largest absolute Gasteiger partial charge is 0.481 e. The number of aromatic nitrogens is 3. The number of alkyl halides is 3. The fourth-order valence-electron chi connectivity index (χ4n) is 7.75. The van der Waals surface area contributed by atoms with E-state index in [4.69, 9.17) is 18.9 Å². The summed E-state index contributed by atoms with van der Waals surface area (Å²) in [5.74, 6) is -3.61. The predicted octanol–water partition coefficient (Wildman–Crippen LogP) is 4.49. The number of hydrogen-bond acceptors (Lipinski definition) is 13. The molecule has 3 fully saturated rings. The van der Waals surface area contributed by atoms with Crippen LogP contribution < -0.4 is 29.6 Å². The van der Waals surface area contributed by atoms with Crippen molar-refractivity contribution in [1.82, 2.24) is 35.2 Å². The Labute approximate surface area is 352 Å². The fourth-order valence-corrected chi connectivity index (χ4v) is 9.06. The molecule has 4 amide bonds. The molecule has 2 aliphatic heterocycles. The summed E-state index contributed by atoms with van der Waals surface area (Å²) in [5.41, 5.74) is -3.90. The number of sulfonamides is 1. The fraction of sp³-hybridized carbons (Fsp3) is 0.675. The van der Waals surface area contributed by atoms with Gasteiger partial charge in [-0.2, -0.15) is 13.2 Å². The summed E-state index contributed by atoms with van der Waals surface area (Å²) >= 11 is 0. The molecule has 2 aliphatic carbocycles. The first-order chi connectivity index (χ1) is 28.6. The number of carbonyl (C=O) groups excluding carboxylic acids is 4. The molecule has 2 aromatic rings. The molecule has 4 aliphatic rings. The summed E-state index contributed by atoms with van der Waals surface area (Å²) in [6.07, 6.45) is 0.0681. The second kappa shape index (κ2) is 17.1. The molecule has 2 saturated carbocycles. The Kier molecular flexibility index (Phi) is 12.8. The van der Waals surface area contributed by atoms with Gasteiger partial charge in [0.25, 0.3) is 17.7 Å². The van der Waals surface area contributed by atoms with Crippen LogP contribution in [0.5, 0.6) is 17.6 Å². The van der Waals surface area contributed by atoms with Crippen molar-refractivity contribution < 1.29 is 59.7 Å². The van der Waals surface area contributed by atoms with Crippen LogP contribution in [0, 0.1) is 17.8 Å². The van der Waals surface area contributed by atoms with Gasteiger partial charge in [-0.3, -0.25) is 19.1 Å². The number of carbonyl (C=O) groups is 4. The van der Waals surface area contributed by atoms with Gasteiger partial charge in [-0.25, -0.2) is 28.2 Å². The zero-order valence-electron chi connectivity index (χ0n) is 35.3. The van der Waals surface area contributed by atoms with E-state index in [0.717, 1.165) is 4.90 Å². The number of pyridine rings is 1. The van der Waals surface area contributed by atoms with Gasteiger partial charge < -0.3 is 34.5 Å². The first-order valence-electron chi connectivity index (χ1n) is 20.5. The van der Waals surface area contributed by atoms with Gasteiger partial charge in [0, 0.05) is 18.4 Å². The number of hydrogen-bond donors (Lipinski definition) is 3. The average molecular weight is 882 g/mol. The highest BCUT2D eigenvalue weighted by molar-refractivity contribution is 7.91. The molecule has 336 valence electrons. The molecule has 4 heterocycles. The van der Waals surface area contributed by atoms with Crippen LogP contribution in [0.15, 0.2) is 24.4 Å². The lowest BCUT2D eigenvalue weighted by molar-refractivity contribution is -0.244. The average Bonchev–Trinajstić information content (AvgIpc) is 4.07. The van der Waals surface area contributed by atoms with Gasteiger partial charge in [-0.05, 0) is 78.1 Å². The van der Waals surface area contributed by atoms with Crippen LogP contribution in [0.2, 0.25) is 0 Å². The van der Waals surface area contributed by atoms with Gasteiger partial charge in [-0.15, -0.1) is 0 Å². The first-order valence-corrected chi connectivity index (χ1v) is 22.0. The number of halogens is 3. The molecule has 0 bridgehead atoms. The van der Waals surface area contributed by atoms with Crippen molar-refractivity contribution in [1.29, 1.82) is 0 Å². The highest BCUT2D eigenvalue weighted by atomic mass is 32.2. The SMILES string of the molecule is CCOc1nc2cc(OC)ncc2nc1OC1CC2C(=O)NC3(C(=O)NS(=O)(=O)C4(C)CC4)CC3C=CCCC(C)CC(CC)C(NC(=O)OC(C)(C)C(F)(F)F)C(=O)N2C1. The van der Waals surface area contributed by atoms with Gasteiger partial charge in [0.1, 0.15) is 29.2 Å². The Morgan fingerprint density at radius 1 is 1.08 bits per heavy atom. The van der Waals surface area contributed by atoms with Gasteiger partial charge in [0.2, 0.25) is 33.3 Å². The number of fused-ring (bicyclic) bond motifs is 3. The third kappa shape index (κ3) is 9.60. The van der Waals surface area contributed by atoms with Crippen molar-refractivity contribution in [2.75, 3.05) is 20.3 Å². The Morgan fingerprint density at radius 3 is 2.43 bits per heavy atom. The van der Waals surface area contributed by atoms with Crippen molar-refractivity contribution in [2.24, 2.45) is 17.8 Å². The lowest BCUT2D eigenvalue weighted by Crippen LogP contribution is -2.60. The summed E-state index contributed by atoms with van der Waals surface area (Å²) in [4.78, 5) is 71.2. The van der Waals surface area contributed by atoms with Crippen LogP contribution in [0.1, 0.15) is 92.9 Å². The van der Waals surface area contributed by atoms with Gasteiger partial charge >= 0.3 is 12.3 Å². The number of nitrogens with one attached hydrogen (secondary N) is 3. The number of alkyl carbamates (subject to hydrolysis) is 1. The minimum Gasteiger partial charge on any atom is -0.481 e. The lowest BCUT2D eigenvalue weighted by atomic mass is 9.85. The molecule has 0 spiro atoms. The minimum absolute atomic E-state index is 0.00751. The molecule has 2 aromatic heterocycles. The summed E-state index contributed by atoms with van der Waals surface area (Å²) in [6, 6.07) is -1.30. The Morgan fingerprint density at radius 2 is 1.79 bits per heavy atom. The monoisotopic (exact) mass is 881 g/mol. The summed E-state index contributed by atoms with van der Waals surface area (Å²) in [7, 11) is -2.66. The third-order valence-corrected chi connectivity index (χ3v) is 14.3. The van der Waals surface area contributed by atoms with Crippen molar-refractivity contribution in [2.45, 2.75) is 133 Å². The van der Waals surface area contributed by atoms with E-state index >= 15 is 0 Å². The van der Waals surface area contributed by atoms with E-state index in [1.54, 1.807) is 26.0 Å². The first kappa shape index (κ1) is 45.6. The standard InChI is InChI=1S/C40H54F3N7O10S/c1-8-23-16-22(3)12-10-11-13-24-19-39(24,35(53)49-61(55,56)38(6)14-15-38)48-31(51)28-17-25(21-50(28)34(52)30(23)47-36(54)60-37(4,5)40(41,42)43)59-33-32(58-9-2)45-26-18-29(57-7)44-20-27(26)46-33/h11,13,18,20,22-25,28,30H,8-10,12,14-17,19,21H2,1-7H3,(H,47,54)(H,48,51)(H,49,53). The molecule has 21 heteroatoms.